The van der Waals surface area contributed by atoms with Crippen LogP contribution in [-0.2, 0) is 6.42 Å². The van der Waals surface area contributed by atoms with Gasteiger partial charge in [0.2, 0.25) is 0 Å². The van der Waals surface area contributed by atoms with Gasteiger partial charge in [0.25, 0.3) is 0 Å². The summed E-state index contributed by atoms with van der Waals surface area (Å²) in [6.45, 7) is 0.337. The number of alkyl halides is 1. The lowest BCUT2D eigenvalue weighted by Gasteiger charge is -2.09. The predicted molar refractivity (Wildman–Crippen MR) is 58.7 cm³/mol. The van der Waals surface area contributed by atoms with E-state index in [1.54, 1.807) is 18.2 Å². The topological polar surface area (TPSA) is 26.0 Å². The van der Waals surface area contributed by atoms with E-state index in [1.165, 1.54) is 0 Å². The Labute approximate surface area is 93.0 Å². The Morgan fingerprint density at radius 2 is 1.86 bits per heavy atom. The molecule has 0 radical (unpaired) electrons. The molecule has 1 aromatic rings. The van der Waals surface area contributed by atoms with Gasteiger partial charge in [-0.1, -0.05) is 29.3 Å². The van der Waals surface area contributed by atoms with E-state index in [0.717, 1.165) is 0 Å². The van der Waals surface area contributed by atoms with Crippen molar-refractivity contribution in [2.24, 2.45) is 5.73 Å². The molecular formula is C10H12Cl2FN. The molecule has 0 saturated heterocycles. The third-order valence-corrected chi connectivity index (χ3v) is 2.68. The number of hydrogen-bond acceptors (Lipinski definition) is 1. The molecule has 1 nitrogen and oxygen atoms in total. The molecule has 0 aliphatic heterocycles. The Morgan fingerprint density at radius 3 is 2.36 bits per heavy atom. The summed E-state index contributed by atoms with van der Waals surface area (Å²) in [6.07, 6.45) is -0.408. The van der Waals surface area contributed by atoms with Gasteiger partial charge in [-0.15, -0.1) is 0 Å². The molecule has 4 heteroatoms. The zero-order valence-electron chi connectivity index (χ0n) is 7.64. The fourth-order valence-electron chi connectivity index (χ4n) is 1.23. The molecule has 78 valence electrons. The van der Waals surface area contributed by atoms with Crippen molar-refractivity contribution in [3.05, 3.63) is 33.8 Å². The molecule has 0 spiro atoms. The van der Waals surface area contributed by atoms with E-state index < -0.39 is 6.17 Å². The first-order valence-electron chi connectivity index (χ1n) is 4.42. The van der Waals surface area contributed by atoms with E-state index in [0.29, 0.717) is 28.6 Å². The van der Waals surface area contributed by atoms with Gasteiger partial charge in [-0.05, 0) is 30.7 Å². The van der Waals surface area contributed by atoms with E-state index in [9.17, 15) is 4.39 Å². The highest BCUT2D eigenvalue weighted by Crippen LogP contribution is 2.26. The number of hydrogen-bond donors (Lipinski definition) is 1. The van der Waals surface area contributed by atoms with Crippen LogP contribution in [0.3, 0.4) is 0 Å². The van der Waals surface area contributed by atoms with Gasteiger partial charge in [0.1, 0.15) is 6.17 Å². The van der Waals surface area contributed by atoms with Crippen LogP contribution in [-0.4, -0.2) is 12.7 Å². The van der Waals surface area contributed by atoms with Crippen LogP contribution in [0.2, 0.25) is 10.0 Å². The van der Waals surface area contributed by atoms with Gasteiger partial charge in [-0.3, -0.25) is 0 Å². The van der Waals surface area contributed by atoms with Gasteiger partial charge in [-0.2, -0.15) is 0 Å². The van der Waals surface area contributed by atoms with Gasteiger partial charge in [0, 0.05) is 16.5 Å². The van der Waals surface area contributed by atoms with E-state index in [4.69, 9.17) is 28.9 Å². The van der Waals surface area contributed by atoms with Crippen molar-refractivity contribution in [3.63, 3.8) is 0 Å². The standard InChI is InChI=1S/C10H12Cl2FN/c11-9-2-1-3-10(12)8(9)6-7(13)4-5-14/h1-3,7H,4-6,14H2. The van der Waals surface area contributed by atoms with Crippen molar-refractivity contribution >= 4 is 23.2 Å². The number of rotatable bonds is 4. The quantitative estimate of drug-likeness (QED) is 0.853. The predicted octanol–water partition coefficient (Wildman–Crippen LogP) is 3.22. The third kappa shape index (κ3) is 3.12. The first-order valence-corrected chi connectivity index (χ1v) is 5.17. The van der Waals surface area contributed by atoms with Crippen LogP contribution in [0.15, 0.2) is 18.2 Å². The van der Waals surface area contributed by atoms with Crippen LogP contribution >= 0.6 is 23.2 Å². The molecule has 14 heavy (non-hydrogen) atoms. The van der Waals surface area contributed by atoms with Crippen molar-refractivity contribution in [2.45, 2.75) is 19.0 Å². The highest BCUT2D eigenvalue weighted by Gasteiger charge is 2.12. The van der Waals surface area contributed by atoms with Gasteiger partial charge in [0.05, 0.1) is 0 Å². The Hall–Kier alpha value is -0.310. The second-order valence-corrected chi connectivity index (χ2v) is 3.89. The van der Waals surface area contributed by atoms with Crippen molar-refractivity contribution in [2.75, 3.05) is 6.54 Å². The third-order valence-electron chi connectivity index (χ3n) is 1.97. The molecule has 1 rings (SSSR count). The van der Waals surface area contributed by atoms with Gasteiger partial charge >= 0.3 is 0 Å². The Kier molecular flexibility index (Phi) is 4.66. The lowest BCUT2D eigenvalue weighted by atomic mass is 10.1. The summed E-state index contributed by atoms with van der Waals surface area (Å²) in [7, 11) is 0. The molecule has 0 amide bonds. The van der Waals surface area contributed by atoms with Crippen LogP contribution in [0.4, 0.5) is 4.39 Å². The molecular weight excluding hydrogens is 224 g/mol. The Morgan fingerprint density at radius 1 is 1.29 bits per heavy atom. The molecule has 2 N–H and O–H groups in total. The average Bonchev–Trinajstić information content (AvgIpc) is 2.12. The minimum absolute atomic E-state index is 0.232. The molecule has 1 atom stereocenters. The molecule has 0 aromatic heterocycles. The summed E-state index contributed by atoms with van der Waals surface area (Å²) in [5.41, 5.74) is 5.92. The van der Waals surface area contributed by atoms with Crippen LogP contribution in [0, 0.1) is 0 Å². The summed E-state index contributed by atoms with van der Waals surface area (Å²) < 4.78 is 13.3. The van der Waals surface area contributed by atoms with E-state index in [1.807, 2.05) is 0 Å². The maximum absolute atomic E-state index is 13.3. The summed E-state index contributed by atoms with van der Waals surface area (Å²) in [6, 6.07) is 5.15. The fourth-order valence-corrected chi connectivity index (χ4v) is 1.78. The average molecular weight is 236 g/mol. The molecule has 0 heterocycles. The minimum Gasteiger partial charge on any atom is -0.330 e. The SMILES string of the molecule is NCCC(F)Cc1c(Cl)cccc1Cl. The van der Waals surface area contributed by atoms with Crippen LogP contribution in [0.5, 0.6) is 0 Å². The number of benzene rings is 1. The van der Waals surface area contributed by atoms with Crippen molar-refractivity contribution < 1.29 is 4.39 Å². The van der Waals surface area contributed by atoms with Crippen molar-refractivity contribution in [1.82, 2.24) is 0 Å². The molecule has 0 saturated carbocycles. The van der Waals surface area contributed by atoms with Crippen LogP contribution in [0.1, 0.15) is 12.0 Å². The Balaban J connectivity index is 2.75. The van der Waals surface area contributed by atoms with Gasteiger partial charge in [-0.25, -0.2) is 4.39 Å². The summed E-state index contributed by atoms with van der Waals surface area (Å²) >= 11 is 11.8. The summed E-state index contributed by atoms with van der Waals surface area (Å²) in [4.78, 5) is 0. The van der Waals surface area contributed by atoms with E-state index in [2.05, 4.69) is 0 Å². The first kappa shape index (κ1) is 11.8. The second-order valence-electron chi connectivity index (χ2n) is 3.08. The molecule has 0 fully saturated rings. The molecule has 0 aliphatic carbocycles. The van der Waals surface area contributed by atoms with Crippen LogP contribution in [0.25, 0.3) is 0 Å². The van der Waals surface area contributed by atoms with Crippen LogP contribution < -0.4 is 5.73 Å². The van der Waals surface area contributed by atoms with Crippen molar-refractivity contribution in [1.29, 1.82) is 0 Å². The van der Waals surface area contributed by atoms with E-state index in [-0.39, 0.29) is 6.42 Å². The lowest BCUT2D eigenvalue weighted by molar-refractivity contribution is 0.316. The van der Waals surface area contributed by atoms with Gasteiger partial charge < -0.3 is 5.73 Å². The largest absolute Gasteiger partial charge is 0.330 e. The molecule has 1 unspecified atom stereocenters. The minimum atomic E-state index is -0.975. The monoisotopic (exact) mass is 235 g/mol. The molecule has 0 aliphatic rings. The van der Waals surface area contributed by atoms with E-state index >= 15 is 0 Å². The highest BCUT2D eigenvalue weighted by atomic mass is 35.5. The first-order chi connectivity index (χ1) is 6.65. The smallest absolute Gasteiger partial charge is 0.105 e. The van der Waals surface area contributed by atoms with Crippen molar-refractivity contribution in [3.8, 4) is 0 Å². The lowest BCUT2D eigenvalue weighted by Crippen LogP contribution is -2.12. The fraction of sp³-hybridized carbons (Fsp3) is 0.400. The summed E-state index contributed by atoms with van der Waals surface area (Å²) in [5.74, 6) is 0. The maximum atomic E-state index is 13.3. The highest BCUT2D eigenvalue weighted by molar-refractivity contribution is 6.35. The summed E-state index contributed by atoms with van der Waals surface area (Å²) in [5, 5.41) is 1.02. The molecule has 1 aromatic carbocycles. The zero-order valence-corrected chi connectivity index (χ0v) is 9.15. The zero-order chi connectivity index (χ0) is 10.6. The number of nitrogens with two attached hydrogens (primary N) is 1. The number of halogens is 3. The normalized spacial score (nSPS) is 12.9. The Bertz CT molecular complexity index is 284. The maximum Gasteiger partial charge on any atom is 0.105 e. The molecule has 0 bridgehead atoms. The second kappa shape index (κ2) is 5.54. The van der Waals surface area contributed by atoms with Gasteiger partial charge in [0.15, 0.2) is 0 Å².